The van der Waals surface area contributed by atoms with E-state index in [2.05, 4.69) is 10.1 Å². The van der Waals surface area contributed by atoms with Gasteiger partial charge in [0.2, 0.25) is 0 Å². The second-order valence-electron chi connectivity index (χ2n) is 5.92. The zero-order valence-corrected chi connectivity index (χ0v) is 18.0. The van der Waals surface area contributed by atoms with Crippen LogP contribution in [0.15, 0.2) is 28.6 Å². The van der Waals surface area contributed by atoms with Gasteiger partial charge >= 0.3 is 0 Å². The Hall–Kier alpha value is -1.74. The third-order valence-electron chi connectivity index (χ3n) is 4.00. The van der Waals surface area contributed by atoms with Crippen molar-refractivity contribution in [2.45, 2.75) is 25.1 Å². The minimum absolute atomic E-state index is 0.0485. The van der Waals surface area contributed by atoms with Crippen LogP contribution in [-0.2, 0) is 0 Å². The van der Waals surface area contributed by atoms with E-state index in [1.807, 2.05) is 12.1 Å². The maximum absolute atomic E-state index is 12.6. The van der Waals surface area contributed by atoms with Crippen LogP contribution in [0, 0.1) is 17.8 Å². The van der Waals surface area contributed by atoms with Gasteiger partial charge in [0, 0.05) is 16.3 Å². The van der Waals surface area contributed by atoms with Gasteiger partial charge in [-0.1, -0.05) is 34.7 Å². The molecule has 0 fully saturated rings. The topological polar surface area (TPSA) is 67.8 Å². The summed E-state index contributed by atoms with van der Waals surface area (Å²) in [6.07, 6.45) is 0. The monoisotopic (exact) mass is 437 g/mol. The van der Waals surface area contributed by atoms with E-state index in [1.165, 1.54) is 30.0 Å². The minimum Gasteiger partial charge on any atom is -0.355 e. The summed E-state index contributed by atoms with van der Waals surface area (Å²) in [4.78, 5) is 27.4. The summed E-state index contributed by atoms with van der Waals surface area (Å²) in [5.74, 6) is 0.0843. The fourth-order valence-corrected chi connectivity index (χ4v) is 5.18. The first-order chi connectivity index (χ1) is 12.8. The van der Waals surface area contributed by atoms with Crippen molar-refractivity contribution in [2.75, 3.05) is 5.75 Å². The Morgan fingerprint density at radius 3 is 2.56 bits per heavy atom. The standard InChI is InChI=1S/C18H16ClN3O2S3/c1-9-15(11(3)23)10(2)20-16(9)14(24)8-26-17-21-22(18(25)27-17)13-6-4-12(19)5-7-13/h4-7,20H,8H2,1-3H3. The number of carbonyl (C=O) groups is 2. The van der Waals surface area contributed by atoms with E-state index in [-0.39, 0.29) is 17.3 Å². The number of hydrogen-bond donors (Lipinski definition) is 1. The molecule has 0 saturated carbocycles. The summed E-state index contributed by atoms with van der Waals surface area (Å²) >= 11 is 14.0. The zero-order chi connectivity index (χ0) is 19.7. The van der Waals surface area contributed by atoms with Crippen molar-refractivity contribution in [1.82, 2.24) is 14.8 Å². The fraction of sp³-hybridized carbons (Fsp3) is 0.222. The molecule has 9 heteroatoms. The highest BCUT2D eigenvalue weighted by atomic mass is 35.5. The first-order valence-corrected chi connectivity index (χ1v) is 10.6. The molecule has 0 bridgehead atoms. The van der Waals surface area contributed by atoms with Crippen LogP contribution >= 0.6 is 46.9 Å². The number of hydrogen-bond acceptors (Lipinski definition) is 6. The van der Waals surface area contributed by atoms with E-state index < -0.39 is 0 Å². The molecule has 0 aliphatic rings. The Morgan fingerprint density at radius 1 is 1.30 bits per heavy atom. The molecule has 0 aliphatic heterocycles. The predicted molar refractivity (Wildman–Crippen MR) is 113 cm³/mol. The molecule has 5 nitrogen and oxygen atoms in total. The van der Waals surface area contributed by atoms with Crippen LogP contribution in [0.3, 0.4) is 0 Å². The quantitative estimate of drug-likeness (QED) is 0.316. The molecule has 1 aromatic carbocycles. The zero-order valence-electron chi connectivity index (χ0n) is 14.8. The van der Waals surface area contributed by atoms with E-state index in [1.54, 1.807) is 30.7 Å². The van der Waals surface area contributed by atoms with Crippen molar-refractivity contribution in [3.05, 3.63) is 55.8 Å². The summed E-state index contributed by atoms with van der Waals surface area (Å²) in [6, 6.07) is 7.23. The van der Waals surface area contributed by atoms with E-state index in [9.17, 15) is 9.59 Å². The lowest BCUT2D eigenvalue weighted by Crippen LogP contribution is -2.05. The van der Waals surface area contributed by atoms with Crippen molar-refractivity contribution in [2.24, 2.45) is 0 Å². The lowest BCUT2D eigenvalue weighted by atomic mass is 10.1. The molecule has 2 aromatic heterocycles. The van der Waals surface area contributed by atoms with Crippen molar-refractivity contribution in [3.8, 4) is 5.69 Å². The van der Waals surface area contributed by atoms with Gasteiger partial charge in [-0.3, -0.25) is 9.59 Å². The molecule has 27 heavy (non-hydrogen) atoms. The Balaban J connectivity index is 1.76. The molecule has 0 saturated heterocycles. The van der Waals surface area contributed by atoms with E-state index in [0.717, 1.165) is 11.4 Å². The van der Waals surface area contributed by atoms with Crippen molar-refractivity contribution >= 4 is 58.5 Å². The van der Waals surface area contributed by atoms with Crippen LogP contribution in [0.25, 0.3) is 5.69 Å². The van der Waals surface area contributed by atoms with Crippen LogP contribution in [-0.4, -0.2) is 32.1 Å². The van der Waals surface area contributed by atoms with Crippen molar-refractivity contribution in [1.29, 1.82) is 0 Å². The number of H-pyrrole nitrogens is 1. The molecule has 0 atom stereocenters. The van der Waals surface area contributed by atoms with Gasteiger partial charge in [-0.05, 0) is 62.8 Å². The van der Waals surface area contributed by atoms with Gasteiger partial charge in [-0.15, -0.1) is 5.10 Å². The Bertz CT molecular complexity index is 1080. The number of nitrogens with one attached hydrogen (secondary N) is 1. The Kier molecular flexibility index (Phi) is 6.00. The number of Topliss-reactive ketones (excluding diaryl/α,β-unsaturated/α-hetero) is 2. The molecule has 0 amide bonds. The van der Waals surface area contributed by atoms with Crippen LogP contribution in [0.1, 0.15) is 39.0 Å². The number of carbonyl (C=O) groups excluding carboxylic acids is 2. The number of aromatic nitrogens is 3. The number of thioether (sulfide) groups is 1. The first kappa shape index (κ1) is 20.0. The molecule has 0 spiro atoms. The third kappa shape index (κ3) is 4.24. The van der Waals surface area contributed by atoms with Gasteiger partial charge in [0.25, 0.3) is 0 Å². The maximum Gasteiger partial charge on any atom is 0.189 e. The highest BCUT2D eigenvalue weighted by Crippen LogP contribution is 2.26. The van der Waals surface area contributed by atoms with Gasteiger partial charge < -0.3 is 4.98 Å². The molecule has 2 heterocycles. The Labute approximate surface area is 174 Å². The molecule has 0 unspecified atom stereocenters. The average molecular weight is 438 g/mol. The summed E-state index contributed by atoms with van der Waals surface area (Å²) in [5.41, 5.74) is 3.30. The molecule has 3 aromatic rings. The molecule has 0 radical (unpaired) electrons. The number of nitrogens with zero attached hydrogens (tertiary/aromatic N) is 2. The van der Waals surface area contributed by atoms with E-state index in [4.69, 9.17) is 23.8 Å². The predicted octanol–water partition coefficient (Wildman–Crippen LogP) is 5.44. The normalized spacial score (nSPS) is 11.0. The summed E-state index contributed by atoms with van der Waals surface area (Å²) < 4.78 is 2.95. The Morgan fingerprint density at radius 2 is 1.96 bits per heavy atom. The first-order valence-electron chi connectivity index (χ1n) is 8.00. The smallest absolute Gasteiger partial charge is 0.189 e. The molecular weight excluding hydrogens is 422 g/mol. The molecule has 1 N–H and O–H groups in total. The van der Waals surface area contributed by atoms with Crippen LogP contribution in [0.4, 0.5) is 0 Å². The number of benzene rings is 1. The minimum atomic E-state index is -0.0766. The molecular formula is C18H16ClN3O2S3. The second-order valence-corrected chi connectivity index (χ2v) is 9.20. The van der Waals surface area contributed by atoms with Crippen molar-refractivity contribution < 1.29 is 9.59 Å². The molecule has 0 aliphatic carbocycles. The van der Waals surface area contributed by atoms with E-state index >= 15 is 0 Å². The van der Waals surface area contributed by atoms with Crippen LogP contribution < -0.4 is 0 Å². The van der Waals surface area contributed by atoms with Crippen LogP contribution in [0.2, 0.25) is 5.02 Å². The number of ketones is 2. The number of aryl methyl sites for hydroxylation is 1. The molecule has 3 rings (SSSR count). The van der Waals surface area contributed by atoms with Crippen LogP contribution in [0.5, 0.6) is 0 Å². The average Bonchev–Trinajstić information content (AvgIpc) is 3.13. The highest BCUT2D eigenvalue weighted by molar-refractivity contribution is 8.01. The summed E-state index contributed by atoms with van der Waals surface area (Å²) in [7, 11) is 0. The summed E-state index contributed by atoms with van der Waals surface area (Å²) in [5, 5.41) is 5.12. The van der Waals surface area contributed by atoms with Gasteiger partial charge in [0.1, 0.15) is 0 Å². The number of aromatic amines is 1. The third-order valence-corrected chi connectivity index (χ3v) is 6.61. The maximum atomic E-state index is 12.6. The second kappa shape index (κ2) is 8.10. The number of rotatable bonds is 6. The highest BCUT2D eigenvalue weighted by Gasteiger charge is 2.20. The number of halogens is 1. The largest absolute Gasteiger partial charge is 0.355 e. The van der Waals surface area contributed by atoms with Crippen molar-refractivity contribution in [3.63, 3.8) is 0 Å². The summed E-state index contributed by atoms with van der Waals surface area (Å²) in [6.45, 7) is 5.09. The van der Waals surface area contributed by atoms with Gasteiger partial charge in [-0.2, -0.15) is 0 Å². The SMILES string of the molecule is CC(=O)c1c(C)[nH]c(C(=O)CSc2nn(-c3ccc(Cl)cc3)c(=S)s2)c1C. The fourth-order valence-electron chi connectivity index (χ4n) is 2.82. The lowest BCUT2D eigenvalue weighted by molar-refractivity contribution is 0.101. The van der Waals surface area contributed by atoms with Gasteiger partial charge in [0.15, 0.2) is 19.9 Å². The van der Waals surface area contributed by atoms with Gasteiger partial charge in [0.05, 0.1) is 17.1 Å². The van der Waals surface area contributed by atoms with Gasteiger partial charge in [-0.25, -0.2) is 4.68 Å². The molecule has 140 valence electrons. The lowest BCUT2D eigenvalue weighted by Gasteiger charge is -2.01. The van der Waals surface area contributed by atoms with E-state index in [0.29, 0.717) is 30.1 Å².